The second-order valence-electron chi connectivity index (χ2n) is 7.53. The van der Waals surface area contributed by atoms with Crippen LogP contribution in [0.2, 0.25) is 0 Å². The van der Waals surface area contributed by atoms with Crippen molar-refractivity contribution in [3.05, 3.63) is 42.5 Å². The lowest BCUT2D eigenvalue weighted by Crippen LogP contribution is -2.45. The highest BCUT2D eigenvalue weighted by Gasteiger charge is 2.44. The summed E-state index contributed by atoms with van der Waals surface area (Å²) in [7, 11) is 3.81. The van der Waals surface area contributed by atoms with Gasteiger partial charge in [0.1, 0.15) is 12.1 Å². The van der Waals surface area contributed by atoms with Crippen LogP contribution in [0.5, 0.6) is 5.88 Å². The monoisotopic (exact) mass is 369 g/mol. The van der Waals surface area contributed by atoms with Crippen LogP contribution in [0.25, 0.3) is 0 Å². The van der Waals surface area contributed by atoms with Crippen LogP contribution in [0.15, 0.2) is 36.9 Å². The molecule has 2 aromatic heterocycles. The smallest absolute Gasteiger partial charge is 0.218 e. The number of rotatable bonds is 5. The molecule has 1 unspecified atom stereocenters. The first-order valence-corrected chi connectivity index (χ1v) is 9.51. The zero-order valence-corrected chi connectivity index (χ0v) is 16.0. The molecule has 1 spiro atoms. The van der Waals surface area contributed by atoms with Gasteiger partial charge in [0.15, 0.2) is 0 Å². The van der Waals surface area contributed by atoms with Crippen molar-refractivity contribution in [2.45, 2.75) is 37.5 Å². The fourth-order valence-electron chi connectivity index (χ4n) is 4.12. The van der Waals surface area contributed by atoms with Crippen molar-refractivity contribution in [3.8, 4) is 5.88 Å². The topological polar surface area (TPSA) is 63.6 Å². The molecule has 144 valence electrons. The molecular formula is C20H27N5O2. The zero-order valence-electron chi connectivity index (χ0n) is 16.0. The fourth-order valence-corrected chi connectivity index (χ4v) is 4.12. The number of pyridine rings is 1. The van der Waals surface area contributed by atoms with E-state index in [2.05, 4.69) is 37.9 Å². The Bertz CT molecular complexity index is 749. The minimum absolute atomic E-state index is 0.00147. The van der Waals surface area contributed by atoms with Gasteiger partial charge in [0.2, 0.25) is 5.88 Å². The summed E-state index contributed by atoms with van der Waals surface area (Å²) >= 11 is 0. The van der Waals surface area contributed by atoms with Gasteiger partial charge in [0.05, 0.1) is 19.3 Å². The zero-order chi connectivity index (χ0) is 18.7. The molecule has 2 saturated heterocycles. The van der Waals surface area contributed by atoms with Crippen molar-refractivity contribution in [3.63, 3.8) is 0 Å². The van der Waals surface area contributed by atoms with Crippen LogP contribution in [-0.2, 0) is 11.3 Å². The molecule has 2 aliphatic heterocycles. The molecule has 2 fully saturated rings. The number of likely N-dealkylation sites (N-methyl/N-ethyl adjacent to an activating group) is 1. The van der Waals surface area contributed by atoms with E-state index >= 15 is 0 Å². The van der Waals surface area contributed by atoms with Crippen molar-refractivity contribution in [1.82, 2.24) is 19.9 Å². The Hall–Kier alpha value is -2.25. The normalized spacial score (nSPS) is 21.7. The Labute approximate surface area is 160 Å². The number of ether oxygens (including phenoxy) is 2. The van der Waals surface area contributed by atoms with Gasteiger partial charge in [0.25, 0.3) is 0 Å². The van der Waals surface area contributed by atoms with Gasteiger partial charge in [0, 0.05) is 44.1 Å². The fraction of sp³-hybridized carbons (Fsp3) is 0.550. The van der Waals surface area contributed by atoms with Crippen LogP contribution < -0.4 is 9.64 Å². The molecule has 7 heteroatoms. The van der Waals surface area contributed by atoms with E-state index in [9.17, 15) is 0 Å². The van der Waals surface area contributed by atoms with Crippen LogP contribution in [0, 0.1) is 0 Å². The molecule has 0 radical (unpaired) electrons. The highest BCUT2D eigenvalue weighted by atomic mass is 16.5. The largest absolute Gasteiger partial charge is 0.481 e. The van der Waals surface area contributed by atoms with Crippen LogP contribution in [0.4, 0.5) is 5.82 Å². The SMILES string of the molecule is COc1cc(N2CCC3(CC2)CC(N(C)Cc2cccnc2)CO3)ncn1. The minimum atomic E-state index is 0.00147. The van der Waals surface area contributed by atoms with E-state index in [1.807, 2.05) is 24.5 Å². The molecule has 2 aromatic rings. The number of aromatic nitrogens is 3. The molecule has 7 nitrogen and oxygen atoms in total. The number of methoxy groups -OCH3 is 1. The van der Waals surface area contributed by atoms with E-state index in [0.717, 1.165) is 51.3 Å². The van der Waals surface area contributed by atoms with Crippen molar-refractivity contribution < 1.29 is 9.47 Å². The van der Waals surface area contributed by atoms with Gasteiger partial charge in [-0.3, -0.25) is 9.88 Å². The molecule has 0 aromatic carbocycles. The molecular weight excluding hydrogens is 342 g/mol. The molecule has 0 bridgehead atoms. The summed E-state index contributed by atoms with van der Waals surface area (Å²) in [6, 6.07) is 6.48. The molecule has 27 heavy (non-hydrogen) atoms. The van der Waals surface area contributed by atoms with E-state index in [-0.39, 0.29) is 5.60 Å². The average molecular weight is 369 g/mol. The van der Waals surface area contributed by atoms with E-state index in [1.165, 1.54) is 5.56 Å². The molecule has 4 heterocycles. The first-order chi connectivity index (χ1) is 13.2. The van der Waals surface area contributed by atoms with E-state index in [1.54, 1.807) is 13.4 Å². The molecule has 0 aliphatic carbocycles. The van der Waals surface area contributed by atoms with E-state index in [0.29, 0.717) is 11.9 Å². The molecule has 2 aliphatic rings. The Morgan fingerprint density at radius 1 is 1.33 bits per heavy atom. The Morgan fingerprint density at radius 3 is 2.93 bits per heavy atom. The van der Waals surface area contributed by atoms with Crippen molar-refractivity contribution in [2.24, 2.45) is 0 Å². The predicted molar refractivity (Wildman–Crippen MR) is 103 cm³/mol. The maximum atomic E-state index is 6.34. The van der Waals surface area contributed by atoms with E-state index < -0.39 is 0 Å². The second-order valence-corrected chi connectivity index (χ2v) is 7.53. The Kier molecular flexibility index (Phi) is 5.22. The predicted octanol–water partition coefficient (Wildman–Crippen LogP) is 2.14. The van der Waals surface area contributed by atoms with Gasteiger partial charge < -0.3 is 14.4 Å². The lowest BCUT2D eigenvalue weighted by Gasteiger charge is -2.39. The van der Waals surface area contributed by atoms with Crippen LogP contribution in [-0.4, -0.2) is 65.3 Å². The van der Waals surface area contributed by atoms with Crippen molar-refractivity contribution in [1.29, 1.82) is 0 Å². The summed E-state index contributed by atoms with van der Waals surface area (Å²) in [6.45, 7) is 3.60. The van der Waals surface area contributed by atoms with Gasteiger partial charge in [-0.05, 0) is 37.9 Å². The minimum Gasteiger partial charge on any atom is -0.481 e. The summed E-state index contributed by atoms with van der Waals surface area (Å²) in [5.74, 6) is 1.54. The molecule has 0 N–H and O–H groups in total. The number of piperidine rings is 1. The highest BCUT2D eigenvalue weighted by Crippen LogP contribution is 2.38. The highest BCUT2D eigenvalue weighted by molar-refractivity contribution is 5.41. The molecule has 4 rings (SSSR count). The van der Waals surface area contributed by atoms with Gasteiger partial charge in [-0.15, -0.1) is 0 Å². The van der Waals surface area contributed by atoms with Crippen LogP contribution >= 0.6 is 0 Å². The summed E-state index contributed by atoms with van der Waals surface area (Å²) in [5, 5.41) is 0. The lowest BCUT2D eigenvalue weighted by molar-refractivity contribution is -0.0158. The molecule has 0 saturated carbocycles. The third-order valence-electron chi connectivity index (χ3n) is 5.80. The van der Waals surface area contributed by atoms with Gasteiger partial charge >= 0.3 is 0 Å². The summed E-state index contributed by atoms with van der Waals surface area (Å²) in [5.41, 5.74) is 1.25. The number of anilines is 1. The van der Waals surface area contributed by atoms with Gasteiger partial charge in [-0.25, -0.2) is 9.97 Å². The number of nitrogens with zero attached hydrogens (tertiary/aromatic N) is 5. The average Bonchev–Trinajstić information content (AvgIpc) is 3.13. The first kappa shape index (κ1) is 18.1. The summed E-state index contributed by atoms with van der Waals surface area (Å²) in [6.07, 6.45) is 8.46. The maximum Gasteiger partial charge on any atom is 0.218 e. The number of hydrogen-bond acceptors (Lipinski definition) is 7. The maximum absolute atomic E-state index is 6.34. The third-order valence-corrected chi connectivity index (χ3v) is 5.80. The van der Waals surface area contributed by atoms with E-state index in [4.69, 9.17) is 9.47 Å². The van der Waals surface area contributed by atoms with Gasteiger partial charge in [-0.1, -0.05) is 6.07 Å². The van der Waals surface area contributed by atoms with Crippen molar-refractivity contribution in [2.75, 3.05) is 38.8 Å². The molecule has 1 atom stereocenters. The van der Waals surface area contributed by atoms with Gasteiger partial charge in [-0.2, -0.15) is 0 Å². The molecule has 0 amide bonds. The van der Waals surface area contributed by atoms with Crippen LogP contribution in [0.1, 0.15) is 24.8 Å². The first-order valence-electron chi connectivity index (χ1n) is 9.51. The second kappa shape index (κ2) is 7.78. The van der Waals surface area contributed by atoms with Crippen molar-refractivity contribution >= 4 is 5.82 Å². The number of hydrogen-bond donors (Lipinski definition) is 0. The standard InChI is InChI=1S/C20H27N5O2/c1-24(13-16-4-3-7-21-12-16)17-11-20(27-14-17)5-8-25(9-6-20)18-10-19(26-2)23-15-22-18/h3-4,7,10,12,15,17H,5-6,8-9,11,13-14H2,1-2H3. The Morgan fingerprint density at radius 2 is 2.19 bits per heavy atom. The lowest BCUT2D eigenvalue weighted by atomic mass is 9.87. The summed E-state index contributed by atoms with van der Waals surface area (Å²) < 4.78 is 11.6. The quantitative estimate of drug-likeness (QED) is 0.800. The Balaban J connectivity index is 1.33. The third kappa shape index (κ3) is 4.04. The van der Waals surface area contributed by atoms with Crippen LogP contribution in [0.3, 0.4) is 0 Å². The summed E-state index contributed by atoms with van der Waals surface area (Å²) in [4.78, 5) is 17.4.